The summed E-state index contributed by atoms with van der Waals surface area (Å²) in [5.74, 6) is -1.17. The number of hydrogen-bond acceptors (Lipinski definition) is 5. The molecule has 0 spiro atoms. The van der Waals surface area contributed by atoms with Gasteiger partial charge < -0.3 is 15.6 Å². The lowest BCUT2D eigenvalue weighted by atomic mass is 9.92. The minimum Gasteiger partial charge on any atom is -0.324 e. The van der Waals surface area contributed by atoms with E-state index in [-0.39, 0.29) is 23.7 Å². The Hall–Kier alpha value is -2.58. The molecular weight excluding hydrogens is 376 g/mol. The molecule has 0 fully saturated rings. The summed E-state index contributed by atoms with van der Waals surface area (Å²) >= 11 is 7.32. The molecule has 1 aliphatic rings. The van der Waals surface area contributed by atoms with Gasteiger partial charge in [-0.1, -0.05) is 41.6 Å². The fourth-order valence-electron chi connectivity index (χ4n) is 2.56. The number of amides is 2. The fourth-order valence-corrected chi connectivity index (χ4v) is 3.34. The molecular formula is C17H15ClN4O3S. The molecule has 9 heteroatoms. The summed E-state index contributed by atoms with van der Waals surface area (Å²) in [7, 11) is 0. The minimum absolute atomic E-state index is 0.107. The van der Waals surface area contributed by atoms with Crippen LogP contribution in [0.4, 0.5) is 11.5 Å². The Balaban J connectivity index is 1.94. The molecule has 1 aromatic heterocycles. The third-order valence-corrected chi connectivity index (χ3v) is 4.91. The van der Waals surface area contributed by atoms with Crippen LogP contribution in [0.3, 0.4) is 0 Å². The number of rotatable bonds is 5. The first-order valence-corrected chi connectivity index (χ1v) is 9.09. The van der Waals surface area contributed by atoms with Gasteiger partial charge in [0.1, 0.15) is 5.82 Å². The zero-order valence-corrected chi connectivity index (χ0v) is 15.1. The number of H-pyrrole nitrogens is 1. The van der Waals surface area contributed by atoms with Crippen LogP contribution in [0.25, 0.3) is 0 Å². The van der Waals surface area contributed by atoms with E-state index in [2.05, 4.69) is 27.2 Å². The van der Waals surface area contributed by atoms with Crippen molar-refractivity contribution in [1.29, 1.82) is 0 Å². The van der Waals surface area contributed by atoms with E-state index < -0.39 is 17.4 Å². The van der Waals surface area contributed by atoms with Crippen molar-refractivity contribution < 1.29 is 9.59 Å². The Kier molecular flexibility index (Phi) is 5.43. The molecule has 3 rings (SSSR count). The Morgan fingerprint density at radius 1 is 1.42 bits per heavy atom. The van der Waals surface area contributed by atoms with Crippen LogP contribution in [0, 0.1) is 0 Å². The van der Waals surface area contributed by atoms with Crippen molar-refractivity contribution in [3.63, 3.8) is 0 Å². The summed E-state index contributed by atoms with van der Waals surface area (Å²) in [5.41, 5.74) is 0.0900. The molecule has 2 aromatic rings. The van der Waals surface area contributed by atoms with E-state index >= 15 is 0 Å². The highest BCUT2D eigenvalue weighted by Gasteiger charge is 2.34. The number of fused-ring (bicyclic) bond motifs is 1. The highest BCUT2D eigenvalue weighted by molar-refractivity contribution is 7.99. The summed E-state index contributed by atoms with van der Waals surface area (Å²) in [6.45, 7) is 3.61. The molecule has 1 aliphatic heterocycles. The smallest absolute Gasteiger partial charge is 0.257 e. The van der Waals surface area contributed by atoms with Crippen LogP contribution in [0.5, 0.6) is 0 Å². The van der Waals surface area contributed by atoms with Gasteiger partial charge in [-0.05, 0) is 12.1 Å². The number of anilines is 2. The van der Waals surface area contributed by atoms with Crippen molar-refractivity contribution in [2.75, 3.05) is 16.4 Å². The summed E-state index contributed by atoms with van der Waals surface area (Å²) < 4.78 is 0. The molecule has 0 bridgehead atoms. The van der Waals surface area contributed by atoms with Crippen molar-refractivity contribution in [2.45, 2.75) is 17.5 Å². The molecule has 7 nitrogen and oxygen atoms in total. The van der Waals surface area contributed by atoms with E-state index in [4.69, 9.17) is 11.6 Å². The van der Waals surface area contributed by atoms with Crippen molar-refractivity contribution in [1.82, 2.24) is 9.97 Å². The molecule has 2 heterocycles. The summed E-state index contributed by atoms with van der Waals surface area (Å²) in [6.07, 6.45) is 1.52. The van der Waals surface area contributed by atoms with Crippen molar-refractivity contribution >= 4 is 46.7 Å². The molecule has 0 unspecified atom stereocenters. The maximum Gasteiger partial charge on any atom is 0.257 e. The zero-order valence-electron chi connectivity index (χ0n) is 13.5. The third-order valence-electron chi connectivity index (χ3n) is 3.72. The number of hydrogen-bond donors (Lipinski definition) is 3. The Bertz CT molecular complexity index is 944. The summed E-state index contributed by atoms with van der Waals surface area (Å²) in [6, 6.07) is 6.73. The molecule has 1 aromatic carbocycles. The number of nitrogens with one attached hydrogen (secondary N) is 3. The number of para-hydroxylation sites is 1. The second-order valence-electron chi connectivity index (χ2n) is 5.51. The summed E-state index contributed by atoms with van der Waals surface area (Å²) in [5, 5.41) is 5.94. The van der Waals surface area contributed by atoms with Gasteiger partial charge in [0, 0.05) is 12.2 Å². The zero-order chi connectivity index (χ0) is 18.7. The van der Waals surface area contributed by atoms with Crippen LogP contribution in [-0.2, 0) is 9.59 Å². The van der Waals surface area contributed by atoms with Gasteiger partial charge in [-0.3, -0.25) is 14.4 Å². The first kappa shape index (κ1) is 18.2. The molecule has 134 valence electrons. The molecule has 0 aliphatic carbocycles. The highest BCUT2D eigenvalue weighted by Crippen LogP contribution is 2.31. The number of nitrogens with zero attached hydrogens (tertiary/aromatic N) is 1. The van der Waals surface area contributed by atoms with Gasteiger partial charge in [-0.15, -0.1) is 6.58 Å². The van der Waals surface area contributed by atoms with E-state index in [0.717, 1.165) is 0 Å². The average Bonchev–Trinajstić information content (AvgIpc) is 2.60. The maximum atomic E-state index is 12.7. The van der Waals surface area contributed by atoms with Crippen LogP contribution in [0.15, 0.2) is 46.9 Å². The van der Waals surface area contributed by atoms with Crippen LogP contribution < -0.4 is 16.2 Å². The number of benzene rings is 1. The van der Waals surface area contributed by atoms with Crippen LogP contribution in [-0.4, -0.2) is 27.5 Å². The Morgan fingerprint density at radius 3 is 2.92 bits per heavy atom. The third kappa shape index (κ3) is 3.81. The monoisotopic (exact) mass is 390 g/mol. The normalized spacial score (nSPS) is 15.7. The van der Waals surface area contributed by atoms with Crippen LogP contribution >= 0.6 is 23.4 Å². The van der Waals surface area contributed by atoms with Gasteiger partial charge in [0.25, 0.3) is 5.56 Å². The van der Waals surface area contributed by atoms with Crippen molar-refractivity contribution in [3.8, 4) is 0 Å². The largest absolute Gasteiger partial charge is 0.324 e. The number of aromatic nitrogens is 2. The molecule has 26 heavy (non-hydrogen) atoms. The van der Waals surface area contributed by atoms with E-state index in [0.29, 0.717) is 21.6 Å². The van der Waals surface area contributed by atoms with Crippen LogP contribution in [0.2, 0.25) is 5.02 Å². The molecule has 0 saturated heterocycles. The van der Waals surface area contributed by atoms with Gasteiger partial charge in [0.2, 0.25) is 11.8 Å². The number of carbonyl (C=O) groups is 2. The first-order valence-electron chi connectivity index (χ1n) is 7.72. The lowest BCUT2D eigenvalue weighted by Gasteiger charge is -2.23. The SMILES string of the molecule is C=CCSc1nc2c(c(=O)[nH]1)[C@@H](C(=O)Nc1ccccc1Cl)CC(=O)N2. The van der Waals surface area contributed by atoms with Gasteiger partial charge in [-0.2, -0.15) is 0 Å². The molecule has 0 saturated carbocycles. The Morgan fingerprint density at radius 2 is 2.19 bits per heavy atom. The second kappa shape index (κ2) is 7.76. The number of aromatic amines is 1. The van der Waals surface area contributed by atoms with Gasteiger partial charge in [0.15, 0.2) is 5.16 Å². The average molecular weight is 391 g/mol. The van der Waals surface area contributed by atoms with Gasteiger partial charge in [-0.25, -0.2) is 4.98 Å². The van der Waals surface area contributed by atoms with E-state index in [1.165, 1.54) is 11.8 Å². The first-order chi connectivity index (χ1) is 12.5. The molecule has 0 radical (unpaired) electrons. The summed E-state index contributed by atoms with van der Waals surface area (Å²) in [4.78, 5) is 44.1. The molecule has 2 amide bonds. The van der Waals surface area contributed by atoms with Crippen LogP contribution in [0.1, 0.15) is 17.9 Å². The lowest BCUT2D eigenvalue weighted by Crippen LogP contribution is -2.36. The fraction of sp³-hybridized carbons (Fsp3) is 0.176. The quantitative estimate of drug-likeness (QED) is 0.413. The highest BCUT2D eigenvalue weighted by atomic mass is 35.5. The van der Waals surface area contributed by atoms with Crippen molar-refractivity contribution in [2.24, 2.45) is 0 Å². The van der Waals surface area contributed by atoms with Gasteiger partial charge >= 0.3 is 0 Å². The topological polar surface area (TPSA) is 104 Å². The molecule has 1 atom stereocenters. The Labute approximate surface area is 158 Å². The number of carbonyl (C=O) groups excluding carboxylic acids is 2. The van der Waals surface area contributed by atoms with E-state index in [9.17, 15) is 14.4 Å². The maximum absolute atomic E-state index is 12.7. The standard InChI is InChI=1S/C17H15ClN4O3S/c1-2-7-26-17-21-14-13(16(25)22-17)9(8-12(23)20-14)15(24)19-11-6-4-3-5-10(11)18/h2-6,9H,1,7-8H2,(H,19,24)(H2,20,21,22,23,25)/t9-/m0/s1. The second-order valence-corrected chi connectivity index (χ2v) is 6.92. The lowest BCUT2D eigenvalue weighted by molar-refractivity contribution is -0.123. The molecule has 3 N–H and O–H groups in total. The minimum atomic E-state index is -0.954. The van der Waals surface area contributed by atoms with E-state index in [1.54, 1.807) is 30.3 Å². The van der Waals surface area contributed by atoms with Crippen molar-refractivity contribution in [3.05, 3.63) is 57.9 Å². The van der Waals surface area contributed by atoms with E-state index in [1.807, 2.05) is 0 Å². The van der Waals surface area contributed by atoms with Gasteiger partial charge in [0.05, 0.1) is 22.2 Å². The number of halogens is 1. The predicted molar refractivity (Wildman–Crippen MR) is 102 cm³/mol. The number of thioether (sulfide) groups is 1. The predicted octanol–water partition coefficient (Wildman–Crippen LogP) is 2.77.